The van der Waals surface area contributed by atoms with E-state index in [0.29, 0.717) is 11.1 Å². The van der Waals surface area contributed by atoms with Gasteiger partial charge in [0.05, 0.1) is 10.6 Å². The first-order valence-electron chi connectivity index (χ1n) is 6.57. The van der Waals surface area contributed by atoms with Crippen LogP contribution in [0, 0.1) is 6.92 Å². The summed E-state index contributed by atoms with van der Waals surface area (Å²) in [6.45, 7) is 2.00. The summed E-state index contributed by atoms with van der Waals surface area (Å²) in [6, 6.07) is 11.5. The number of nitrogens with one attached hydrogen (secondary N) is 1. The zero-order valence-electron chi connectivity index (χ0n) is 11.8. The van der Waals surface area contributed by atoms with Gasteiger partial charge in [-0.1, -0.05) is 35.5 Å². The van der Waals surface area contributed by atoms with Crippen LogP contribution in [0.3, 0.4) is 0 Å². The number of amides is 1. The van der Waals surface area contributed by atoms with Gasteiger partial charge in [-0.2, -0.15) is 0 Å². The zero-order chi connectivity index (χ0) is 15.4. The number of benzene rings is 1. The molecule has 0 bridgehead atoms. The van der Waals surface area contributed by atoms with Crippen molar-refractivity contribution in [3.05, 3.63) is 47.3 Å². The van der Waals surface area contributed by atoms with Gasteiger partial charge >= 0.3 is 0 Å². The number of thiophene rings is 1. The van der Waals surface area contributed by atoms with Crippen LogP contribution in [0.4, 0.5) is 5.69 Å². The third kappa shape index (κ3) is 3.75. The van der Waals surface area contributed by atoms with E-state index in [-0.39, 0.29) is 11.7 Å². The van der Waals surface area contributed by atoms with E-state index >= 15 is 0 Å². The summed E-state index contributed by atoms with van der Waals surface area (Å²) >= 11 is 2.75. The summed E-state index contributed by atoms with van der Waals surface area (Å²) in [4.78, 5) is 12.8. The second kappa shape index (κ2) is 6.76. The molecule has 2 heterocycles. The molecule has 0 radical (unpaired) electrons. The molecule has 2 aromatic heterocycles. The number of aromatic nitrogens is 2. The molecule has 0 aliphatic heterocycles. The van der Waals surface area contributed by atoms with Crippen molar-refractivity contribution in [2.45, 2.75) is 12.1 Å². The van der Waals surface area contributed by atoms with E-state index < -0.39 is 0 Å². The number of rotatable bonds is 5. The summed E-state index contributed by atoms with van der Waals surface area (Å²) in [7, 11) is 0. The van der Waals surface area contributed by atoms with Crippen molar-refractivity contribution >= 4 is 34.7 Å². The quantitative estimate of drug-likeness (QED) is 0.720. The Morgan fingerprint density at radius 2 is 2.09 bits per heavy atom. The molecule has 5 nitrogen and oxygen atoms in total. The highest BCUT2D eigenvalue weighted by atomic mass is 32.2. The summed E-state index contributed by atoms with van der Waals surface area (Å²) in [6.07, 6.45) is 0. The highest BCUT2D eigenvalue weighted by molar-refractivity contribution is 7.99. The molecule has 0 aliphatic carbocycles. The van der Waals surface area contributed by atoms with Crippen LogP contribution < -0.4 is 5.32 Å². The van der Waals surface area contributed by atoms with Gasteiger partial charge in [0.15, 0.2) is 0 Å². The lowest BCUT2D eigenvalue weighted by molar-refractivity contribution is -0.113. The van der Waals surface area contributed by atoms with Gasteiger partial charge in [0, 0.05) is 5.69 Å². The van der Waals surface area contributed by atoms with Gasteiger partial charge in [-0.25, -0.2) is 0 Å². The lowest BCUT2D eigenvalue weighted by Crippen LogP contribution is -2.13. The van der Waals surface area contributed by atoms with Crippen LogP contribution in [0.1, 0.15) is 5.56 Å². The second-order valence-corrected chi connectivity index (χ2v) is 6.43. The van der Waals surface area contributed by atoms with Gasteiger partial charge in [0.25, 0.3) is 11.1 Å². The number of carbonyl (C=O) groups is 1. The first-order valence-corrected chi connectivity index (χ1v) is 8.44. The van der Waals surface area contributed by atoms with Crippen LogP contribution in [0.25, 0.3) is 10.8 Å². The third-order valence-electron chi connectivity index (χ3n) is 2.80. The molecule has 0 saturated carbocycles. The largest absolute Gasteiger partial charge is 0.410 e. The molecule has 1 amide bonds. The molecule has 0 atom stereocenters. The van der Waals surface area contributed by atoms with Crippen molar-refractivity contribution in [3.63, 3.8) is 0 Å². The van der Waals surface area contributed by atoms with E-state index in [1.807, 2.05) is 48.7 Å². The molecule has 22 heavy (non-hydrogen) atoms. The van der Waals surface area contributed by atoms with Crippen LogP contribution in [-0.2, 0) is 4.79 Å². The van der Waals surface area contributed by atoms with Gasteiger partial charge in [0.2, 0.25) is 5.91 Å². The van der Waals surface area contributed by atoms with Crippen molar-refractivity contribution in [1.82, 2.24) is 10.2 Å². The maximum Gasteiger partial charge on any atom is 0.277 e. The Labute approximate surface area is 135 Å². The Bertz CT molecular complexity index is 751. The SMILES string of the molecule is Cc1ccc(NC(=O)CSc2nnc(-c3cccs3)o2)cc1. The minimum Gasteiger partial charge on any atom is -0.410 e. The van der Waals surface area contributed by atoms with E-state index in [4.69, 9.17) is 4.42 Å². The maximum atomic E-state index is 11.9. The van der Waals surface area contributed by atoms with E-state index in [1.54, 1.807) is 0 Å². The highest BCUT2D eigenvalue weighted by Gasteiger charge is 2.11. The molecule has 7 heteroatoms. The number of hydrogen-bond donors (Lipinski definition) is 1. The average Bonchev–Trinajstić information content (AvgIpc) is 3.18. The fourth-order valence-corrected chi connectivity index (χ4v) is 2.94. The van der Waals surface area contributed by atoms with Gasteiger partial charge in [-0.15, -0.1) is 21.5 Å². The lowest BCUT2D eigenvalue weighted by Gasteiger charge is -2.03. The van der Waals surface area contributed by atoms with Crippen molar-refractivity contribution < 1.29 is 9.21 Å². The van der Waals surface area contributed by atoms with Crippen LogP contribution in [0.2, 0.25) is 0 Å². The van der Waals surface area contributed by atoms with Crippen molar-refractivity contribution in [2.75, 3.05) is 11.1 Å². The second-order valence-electron chi connectivity index (χ2n) is 4.55. The van der Waals surface area contributed by atoms with Crippen LogP contribution >= 0.6 is 23.1 Å². The Morgan fingerprint density at radius 3 is 2.82 bits per heavy atom. The van der Waals surface area contributed by atoms with Gasteiger partial charge < -0.3 is 9.73 Å². The predicted molar refractivity (Wildman–Crippen MR) is 88.1 cm³/mol. The van der Waals surface area contributed by atoms with E-state index in [1.165, 1.54) is 23.1 Å². The summed E-state index contributed by atoms with van der Waals surface area (Å²) in [5, 5.41) is 13.1. The standard InChI is InChI=1S/C15H13N3O2S2/c1-10-4-6-11(7-5-10)16-13(19)9-22-15-18-17-14(20-15)12-3-2-8-21-12/h2-8H,9H2,1H3,(H,16,19). The summed E-state index contributed by atoms with van der Waals surface area (Å²) in [5.74, 6) is 0.598. The van der Waals surface area contributed by atoms with Crippen LogP contribution in [0.15, 0.2) is 51.4 Å². The number of thioether (sulfide) groups is 1. The molecule has 3 rings (SSSR count). The number of aryl methyl sites for hydroxylation is 1. The van der Waals surface area contributed by atoms with Gasteiger partial charge in [0.1, 0.15) is 0 Å². The third-order valence-corrected chi connectivity index (χ3v) is 4.48. The molecule has 0 unspecified atom stereocenters. The molecule has 112 valence electrons. The fraction of sp³-hybridized carbons (Fsp3) is 0.133. The zero-order valence-corrected chi connectivity index (χ0v) is 13.4. The van der Waals surface area contributed by atoms with E-state index in [2.05, 4.69) is 15.5 Å². The molecular weight excluding hydrogens is 318 g/mol. The first-order chi connectivity index (χ1) is 10.7. The Morgan fingerprint density at radius 1 is 1.27 bits per heavy atom. The molecular formula is C15H13N3O2S2. The van der Waals surface area contributed by atoms with Crippen molar-refractivity contribution in [2.24, 2.45) is 0 Å². The summed E-state index contributed by atoms with van der Waals surface area (Å²) in [5.41, 5.74) is 1.93. The Balaban J connectivity index is 1.54. The number of carbonyl (C=O) groups excluding carboxylic acids is 1. The molecule has 0 spiro atoms. The molecule has 0 aliphatic rings. The lowest BCUT2D eigenvalue weighted by atomic mass is 10.2. The molecule has 1 aromatic carbocycles. The Hall–Kier alpha value is -2.12. The van der Waals surface area contributed by atoms with Crippen molar-refractivity contribution in [3.8, 4) is 10.8 Å². The molecule has 0 fully saturated rings. The number of anilines is 1. The fourth-order valence-electron chi connectivity index (χ4n) is 1.73. The van der Waals surface area contributed by atoms with Gasteiger partial charge in [-0.05, 0) is 30.5 Å². The van der Waals surface area contributed by atoms with Crippen LogP contribution in [-0.4, -0.2) is 21.9 Å². The molecule has 0 saturated heterocycles. The van der Waals surface area contributed by atoms with Crippen LogP contribution in [0.5, 0.6) is 0 Å². The highest BCUT2D eigenvalue weighted by Crippen LogP contribution is 2.26. The van der Waals surface area contributed by atoms with E-state index in [9.17, 15) is 4.79 Å². The predicted octanol–water partition coefficient (Wildman–Crippen LogP) is 3.84. The van der Waals surface area contributed by atoms with Crippen molar-refractivity contribution in [1.29, 1.82) is 0 Å². The minimum absolute atomic E-state index is 0.107. The maximum absolute atomic E-state index is 11.9. The molecule has 3 aromatic rings. The molecule has 1 N–H and O–H groups in total. The van der Waals surface area contributed by atoms with E-state index in [0.717, 1.165) is 16.1 Å². The number of nitrogens with zero attached hydrogens (tertiary/aromatic N) is 2. The monoisotopic (exact) mass is 331 g/mol. The first kappa shape index (κ1) is 14.8. The average molecular weight is 331 g/mol. The smallest absolute Gasteiger partial charge is 0.277 e. The van der Waals surface area contributed by atoms with Gasteiger partial charge in [-0.3, -0.25) is 4.79 Å². The summed E-state index contributed by atoms with van der Waals surface area (Å²) < 4.78 is 5.52. The Kier molecular flexibility index (Phi) is 4.55. The normalized spacial score (nSPS) is 10.6. The minimum atomic E-state index is -0.107. The number of hydrogen-bond acceptors (Lipinski definition) is 6. The topological polar surface area (TPSA) is 68.0 Å².